The highest BCUT2D eigenvalue weighted by molar-refractivity contribution is 5.79. The molecule has 3 N–H and O–H groups in total. The Hall–Kier alpha value is -0.650. The number of primary amides is 1. The van der Waals surface area contributed by atoms with Gasteiger partial charge in [-0.25, -0.2) is 0 Å². The van der Waals surface area contributed by atoms with Gasteiger partial charge < -0.3 is 20.5 Å². The van der Waals surface area contributed by atoms with Crippen molar-refractivity contribution < 1.29 is 14.3 Å². The summed E-state index contributed by atoms with van der Waals surface area (Å²) in [4.78, 5) is 10.7. The molecule has 0 radical (unpaired) electrons. The van der Waals surface area contributed by atoms with Crippen LogP contribution in [0.2, 0.25) is 0 Å². The molecule has 76 valence electrons. The maximum Gasteiger partial charge on any atom is 0.234 e. The highest BCUT2D eigenvalue weighted by atomic mass is 16.6. The van der Waals surface area contributed by atoms with Crippen molar-refractivity contribution in [2.24, 2.45) is 5.73 Å². The van der Waals surface area contributed by atoms with E-state index in [2.05, 4.69) is 5.32 Å². The van der Waals surface area contributed by atoms with Crippen LogP contribution in [-0.2, 0) is 14.3 Å². The molecule has 5 heteroatoms. The highest BCUT2D eigenvalue weighted by Gasteiger charge is 2.16. The van der Waals surface area contributed by atoms with Gasteiger partial charge in [0.1, 0.15) is 0 Å². The van der Waals surface area contributed by atoms with Crippen molar-refractivity contribution in [1.29, 1.82) is 0 Å². The zero-order valence-electron chi connectivity index (χ0n) is 7.79. The Labute approximate surface area is 77.6 Å². The van der Waals surface area contributed by atoms with Crippen LogP contribution in [0.25, 0.3) is 0 Å². The van der Waals surface area contributed by atoms with Crippen LogP contribution >= 0.6 is 0 Å². The molecule has 0 saturated carbocycles. The Balaban J connectivity index is 2.13. The minimum absolute atomic E-state index is 0.0375. The van der Waals surface area contributed by atoms with Gasteiger partial charge in [-0.05, 0) is 6.92 Å². The van der Waals surface area contributed by atoms with Crippen molar-refractivity contribution in [3.05, 3.63) is 0 Å². The summed E-state index contributed by atoms with van der Waals surface area (Å²) in [5.41, 5.74) is 5.08. The van der Waals surface area contributed by atoms with E-state index in [1.807, 2.05) is 0 Å². The van der Waals surface area contributed by atoms with Gasteiger partial charge in [0.25, 0.3) is 0 Å². The van der Waals surface area contributed by atoms with Crippen molar-refractivity contribution in [2.45, 2.75) is 19.1 Å². The average Bonchev–Trinajstić information content (AvgIpc) is 2.15. The first-order valence-electron chi connectivity index (χ1n) is 4.42. The maximum absolute atomic E-state index is 10.7. The average molecular weight is 188 g/mol. The lowest BCUT2D eigenvalue weighted by molar-refractivity contribution is -0.120. The predicted octanol–water partition coefficient (Wildman–Crippen LogP) is -1.13. The van der Waals surface area contributed by atoms with Gasteiger partial charge in [-0.2, -0.15) is 0 Å². The second-order valence-corrected chi connectivity index (χ2v) is 3.10. The lowest BCUT2D eigenvalue weighted by Crippen LogP contribution is -2.45. The number of nitrogens with two attached hydrogens (primary N) is 1. The molecular weight excluding hydrogens is 172 g/mol. The summed E-state index contributed by atoms with van der Waals surface area (Å²) in [5.74, 6) is -0.350. The summed E-state index contributed by atoms with van der Waals surface area (Å²) in [7, 11) is 0. The van der Waals surface area contributed by atoms with Gasteiger partial charge >= 0.3 is 0 Å². The lowest BCUT2D eigenvalue weighted by Gasteiger charge is -2.24. The molecule has 0 bridgehead atoms. The van der Waals surface area contributed by atoms with Gasteiger partial charge in [-0.15, -0.1) is 0 Å². The molecular formula is C8H16N2O3. The molecule has 0 spiro atoms. The predicted molar refractivity (Wildman–Crippen MR) is 47.2 cm³/mol. The number of rotatable bonds is 4. The third-order valence-electron chi connectivity index (χ3n) is 1.96. The Bertz CT molecular complexity index is 169. The minimum atomic E-state index is -0.350. The van der Waals surface area contributed by atoms with Crippen LogP contribution in [0.4, 0.5) is 0 Å². The topological polar surface area (TPSA) is 73.6 Å². The Morgan fingerprint density at radius 1 is 1.69 bits per heavy atom. The molecule has 1 aliphatic rings. The Morgan fingerprint density at radius 2 is 2.46 bits per heavy atom. The molecule has 13 heavy (non-hydrogen) atoms. The molecule has 1 amide bonds. The molecule has 1 saturated heterocycles. The van der Waals surface area contributed by atoms with Crippen molar-refractivity contribution in [3.8, 4) is 0 Å². The first kappa shape index (κ1) is 10.4. The second kappa shape index (κ2) is 5.16. The molecule has 1 aliphatic heterocycles. The van der Waals surface area contributed by atoms with E-state index < -0.39 is 0 Å². The zero-order chi connectivity index (χ0) is 9.68. The van der Waals surface area contributed by atoms with Crippen LogP contribution in [0.5, 0.6) is 0 Å². The fourth-order valence-electron chi connectivity index (χ4n) is 1.06. The van der Waals surface area contributed by atoms with Crippen molar-refractivity contribution in [1.82, 2.24) is 5.32 Å². The number of hydrogen-bond acceptors (Lipinski definition) is 4. The number of nitrogens with one attached hydrogen (secondary N) is 1. The summed E-state index contributed by atoms with van der Waals surface area (Å²) < 4.78 is 10.6. The molecule has 0 aromatic heterocycles. The quantitative estimate of drug-likeness (QED) is 0.585. The SMILES string of the molecule is CC(NCC1COCCO1)C(N)=O. The van der Waals surface area contributed by atoms with Gasteiger partial charge in [0.2, 0.25) is 5.91 Å². The van der Waals surface area contributed by atoms with Crippen LogP contribution in [0.3, 0.4) is 0 Å². The summed E-state index contributed by atoms with van der Waals surface area (Å²) in [6.45, 7) is 4.19. The number of carbonyl (C=O) groups excluding carboxylic acids is 1. The second-order valence-electron chi connectivity index (χ2n) is 3.10. The molecule has 1 fully saturated rings. The normalized spacial score (nSPS) is 25.5. The van der Waals surface area contributed by atoms with Crippen molar-refractivity contribution in [2.75, 3.05) is 26.4 Å². The first-order valence-corrected chi connectivity index (χ1v) is 4.42. The smallest absolute Gasteiger partial charge is 0.234 e. The molecule has 2 unspecified atom stereocenters. The van der Waals surface area contributed by atoms with Gasteiger partial charge in [0.05, 0.1) is 32.0 Å². The monoisotopic (exact) mass is 188 g/mol. The molecule has 0 aliphatic carbocycles. The van der Waals surface area contributed by atoms with Gasteiger partial charge in [0.15, 0.2) is 0 Å². The van der Waals surface area contributed by atoms with E-state index in [1.165, 1.54) is 0 Å². The summed E-state index contributed by atoms with van der Waals surface area (Å²) >= 11 is 0. The largest absolute Gasteiger partial charge is 0.376 e. The molecule has 0 aromatic carbocycles. The van der Waals surface area contributed by atoms with Gasteiger partial charge in [0, 0.05) is 6.54 Å². The van der Waals surface area contributed by atoms with Crippen LogP contribution in [-0.4, -0.2) is 44.4 Å². The molecule has 0 aromatic rings. The zero-order valence-corrected chi connectivity index (χ0v) is 7.79. The van der Waals surface area contributed by atoms with E-state index in [0.29, 0.717) is 26.4 Å². The number of hydrogen-bond donors (Lipinski definition) is 2. The van der Waals surface area contributed by atoms with Crippen molar-refractivity contribution >= 4 is 5.91 Å². The van der Waals surface area contributed by atoms with Crippen molar-refractivity contribution in [3.63, 3.8) is 0 Å². The number of carbonyl (C=O) groups is 1. The summed E-state index contributed by atoms with van der Waals surface area (Å²) in [5, 5.41) is 2.97. The van der Waals surface area contributed by atoms with E-state index in [-0.39, 0.29) is 18.1 Å². The highest BCUT2D eigenvalue weighted by Crippen LogP contribution is 1.99. The minimum Gasteiger partial charge on any atom is -0.376 e. The fourth-order valence-corrected chi connectivity index (χ4v) is 1.06. The number of ether oxygens (including phenoxy) is 2. The lowest BCUT2D eigenvalue weighted by atomic mass is 10.3. The third kappa shape index (κ3) is 3.71. The van der Waals surface area contributed by atoms with Crippen LogP contribution < -0.4 is 11.1 Å². The van der Waals surface area contributed by atoms with Gasteiger partial charge in [-0.1, -0.05) is 0 Å². The third-order valence-corrected chi connectivity index (χ3v) is 1.96. The summed E-state index contributed by atoms with van der Waals surface area (Å²) in [6.07, 6.45) is 0.0375. The van der Waals surface area contributed by atoms with Crippen LogP contribution in [0.15, 0.2) is 0 Å². The molecule has 2 atom stereocenters. The molecule has 1 rings (SSSR count). The fraction of sp³-hybridized carbons (Fsp3) is 0.875. The molecule has 5 nitrogen and oxygen atoms in total. The maximum atomic E-state index is 10.7. The van der Waals surface area contributed by atoms with E-state index in [0.717, 1.165) is 0 Å². The Kier molecular flexibility index (Phi) is 4.14. The van der Waals surface area contributed by atoms with Gasteiger partial charge in [-0.3, -0.25) is 4.79 Å². The van der Waals surface area contributed by atoms with E-state index in [9.17, 15) is 4.79 Å². The van der Waals surface area contributed by atoms with E-state index >= 15 is 0 Å². The Morgan fingerprint density at radius 3 is 3.00 bits per heavy atom. The standard InChI is InChI=1S/C8H16N2O3/c1-6(8(9)11)10-4-7-5-12-2-3-13-7/h6-7,10H,2-5H2,1H3,(H2,9,11). The van der Waals surface area contributed by atoms with E-state index in [4.69, 9.17) is 15.2 Å². The first-order chi connectivity index (χ1) is 6.20. The van der Waals surface area contributed by atoms with Crippen LogP contribution in [0.1, 0.15) is 6.92 Å². The molecule has 1 heterocycles. The van der Waals surface area contributed by atoms with Crippen LogP contribution in [0, 0.1) is 0 Å². The summed E-state index contributed by atoms with van der Waals surface area (Å²) in [6, 6.07) is -0.314. The van der Waals surface area contributed by atoms with E-state index in [1.54, 1.807) is 6.92 Å². The number of amides is 1.